The highest BCUT2D eigenvalue weighted by atomic mass is 35.5. The molecule has 17 heavy (non-hydrogen) atoms. The molecule has 0 saturated carbocycles. The summed E-state index contributed by atoms with van der Waals surface area (Å²) in [5, 5.41) is 0.732. The Bertz CT molecular complexity index is 406. The second-order valence-electron chi connectivity index (χ2n) is 4.92. The molecule has 1 aromatic rings. The number of hydrogen-bond donors (Lipinski definition) is 0. The van der Waals surface area contributed by atoms with E-state index in [2.05, 4.69) is 18.7 Å². The molecule has 1 aliphatic rings. The lowest BCUT2D eigenvalue weighted by atomic mass is 10.00. The van der Waals surface area contributed by atoms with Crippen molar-refractivity contribution in [1.29, 1.82) is 0 Å². The van der Waals surface area contributed by atoms with Gasteiger partial charge in [-0.1, -0.05) is 11.6 Å². The predicted octanol–water partition coefficient (Wildman–Crippen LogP) is 3.69. The Morgan fingerprint density at radius 1 is 1.41 bits per heavy atom. The highest BCUT2D eigenvalue weighted by Crippen LogP contribution is 2.32. The average molecular weight is 274 g/mol. The molecule has 4 heteroatoms. The van der Waals surface area contributed by atoms with Gasteiger partial charge in [0.2, 0.25) is 0 Å². The van der Waals surface area contributed by atoms with Crippen LogP contribution in [0.1, 0.15) is 19.4 Å². The Balaban J connectivity index is 2.38. The number of anilines is 1. The van der Waals surface area contributed by atoms with Gasteiger partial charge in [0, 0.05) is 23.1 Å². The lowest BCUT2D eigenvalue weighted by molar-refractivity contribution is 0.0643. The van der Waals surface area contributed by atoms with Gasteiger partial charge in [-0.3, -0.25) is 0 Å². The van der Waals surface area contributed by atoms with E-state index in [4.69, 9.17) is 27.9 Å². The zero-order chi connectivity index (χ0) is 12.5. The van der Waals surface area contributed by atoms with E-state index >= 15 is 0 Å². The molecule has 0 aromatic heterocycles. The fraction of sp³-hybridized carbons (Fsp3) is 0.538. The van der Waals surface area contributed by atoms with E-state index in [1.807, 2.05) is 18.2 Å². The number of hydrogen-bond acceptors (Lipinski definition) is 2. The maximum absolute atomic E-state index is 6.00. The molecule has 1 fully saturated rings. The van der Waals surface area contributed by atoms with Crippen molar-refractivity contribution in [2.45, 2.75) is 25.3 Å². The first-order chi connectivity index (χ1) is 8.04. The quantitative estimate of drug-likeness (QED) is 0.762. The van der Waals surface area contributed by atoms with Crippen LogP contribution in [0.5, 0.6) is 0 Å². The minimum Gasteiger partial charge on any atom is -0.377 e. The van der Waals surface area contributed by atoms with Crippen molar-refractivity contribution in [1.82, 2.24) is 0 Å². The maximum atomic E-state index is 6.00. The SMILES string of the molecule is CC1(C)COCCN1c1ccc(Cl)cc1CCl. The molecule has 2 rings (SSSR count). The van der Waals surface area contributed by atoms with Gasteiger partial charge < -0.3 is 9.64 Å². The van der Waals surface area contributed by atoms with Crippen LogP contribution in [0.3, 0.4) is 0 Å². The lowest BCUT2D eigenvalue weighted by Crippen LogP contribution is -2.53. The second-order valence-corrected chi connectivity index (χ2v) is 5.63. The van der Waals surface area contributed by atoms with Gasteiger partial charge in [-0.15, -0.1) is 11.6 Å². The van der Waals surface area contributed by atoms with Gasteiger partial charge in [-0.05, 0) is 37.6 Å². The summed E-state index contributed by atoms with van der Waals surface area (Å²) in [6.07, 6.45) is 0. The minimum absolute atomic E-state index is 0.00706. The summed E-state index contributed by atoms with van der Waals surface area (Å²) >= 11 is 12.0. The fourth-order valence-corrected chi connectivity index (χ4v) is 2.64. The summed E-state index contributed by atoms with van der Waals surface area (Å²) in [7, 11) is 0. The molecule has 1 aromatic carbocycles. The van der Waals surface area contributed by atoms with Gasteiger partial charge in [0.05, 0.1) is 18.8 Å². The van der Waals surface area contributed by atoms with Crippen LogP contribution in [0.15, 0.2) is 18.2 Å². The smallest absolute Gasteiger partial charge is 0.0694 e. The molecule has 1 heterocycles. The normalized spacial score (nSPS) is 19.4. The first-order valence-electron chi connectivity index (χ1n) is 5.74. The third-order valence-electron chi connectivity index (χ3n) is 3.12. The molecule has 1 saturated heterocycles. The second kappa shape index (κ2) is 5.05. The topological polar surface area (TPSA) is 12.5 Å². The largest absolute Gasteiger partial charge is 0.377 e. The van der Waals surface area contributed by atoms with Crippen molar-refractivity contribution >= 4 is 28.9 Å². The summed E-state index contributed by atoms with van der Waals surface area (Å²) in [5.74, 6) is 0.476. The van der Waals surface area contributed by atoms with Gasteiger partial charge in [0.15, 0.2) is 0 Å². The monoisotopic (exact) mass is 273 g/mol. The molecular weight excluding hydrogens is 257 g/mol. The van der Waals surface area contributed by atoms with Crippen molar-refractivity contribution < 1.29 is 4.74 Å². The number of rotatable bonds is 2. The van der Waals surface area contributed by atoms with Crippen LogP contribution in [0.25, 0.3) is 0 Å². The fourth-order valence-electron chi connectivity index (χ4n) is 2.23. The highest BCUT2D eigenvalue weighted by Gasteiger charge is 2.31. The minimum atomic E-state index is -0.00706. The summed E-state index contributed by atoms with van der Waals surface area (Å²) in [4.78, 5) is 2.35. The van der Waals surface area contributed by atoms with Crippen molar-refractivity contribution in [3.8, 4) is 0 Å². The van der Waals surface area contributed by atoms with Crippen molar-refractivity contribution in [3.63, 3.8) is 0 Å². The molecule has 0 unspecified atom stereocenters. The number of ether oxygens (including phenoxy) is 1. The lowest BCUT2D eigenvalue weighted by Gasteiger charge is -2.44. The van der Waals surface area contributed by atoms with Gasteiger partial charge in [0.25, 0.3) is 0 Å². The molecule has 2 nitrogen and oxygen atoms in total. The average Bonchev–Trinajstić information content (AvgIpc) is 2.29. The van der Waals surface area contributed by atoms with Crippen LogP contribution >= 0.6 is 23.2 Å². The van der Waals surface area contributed by atoms with E-state index in [0.717, 1.165) is 36.0 Å². The van der Waals surface area contributed by atoms with Crippen molar-refractivity contribution in [3.05, 3.63) is 28.8 Å². The molecule has 0 radical (unpaired) electrons. The Hall–Kier alpha value is -0.440. The van der Waals surface area contributed by atoms with Gasteiger partial charge in [-0.25, -0.2) is 0 Å². The van der Waals surface area contributed by atoms with Crippen LogP contribution in [-0.2, 0) is 10.6 Å². The Morgan fingerprint density at radius 2 is 2.18 bits per heavy atom. The van der Waals surface area contributed by atoms with Crippen LogP contribution in [-0.4, -0.2) is 25.3 Å². The summed E-state index contributed by atoms with van der Waals surface area (Å²) < 4.78 is 5.53. The summed E-state index contributed by atoms with van der Waals surface area (Å²) in [6, 6.07) is 5.90. The molecule has 94 valence electrons. The van der Waals surface area contributed by atoms with Crippen LogP contribution < -0.4 is 4.90 Å². The predicted molar refractivity (Wildman–Crippen MR) is 73.3 cm³/mol. The van der Waals surface area contributed by atoms with E-state index in [0.29, 0.717) is 5.88 Å². The molecule has 0 amide bonds. The van der Waals surface area contributed by atoms with E-state index in [-0.39, 0.29) is 5.54 Å². The molecular formula is C13H17Cl2NO. The van der Waals surface area contributed by atoms with E-state index in [1.54, 1.807) is 0 Å². The number of benzene rings is 1. The van der Waals surface area contributed by atoms with Crippen LogP contribution in [0.4, 0.5) is 5.69 Å². The van der Waals surface area contributed by atoms with Crippen molar-refractivity contribution in [2.75, 3.05) is 24.7 Å². The molecule has 0 spiro atoms. The molecule has 1 aliphatic heterocycles. The van der Waals surface area contributed by atoms with E-state index in [9.17, 15) is 0 Å². The Kier molecular flexibility index (Phi) is 3.86. The molecule has 0 atom stereocenters. The first-order valence-corrected chi connectivity index (χ1v) is 6.65. The first kappa shape index (κ1) is 13.0. The van der Waals surface area contributed by atoms with Gasteiger partial charge >= 0.3 is 0 Å². The van der Waals surface area contributed by atoms with E-state index < -0.39 is 0 Å². The molecule has 0 N–H and O–H groups in total. The third kappa shape index (κ3) is 2.70. The molecule has 0 aliphatic carbocycles. The van der Waals surface area contributed by atoms with Gasteiger partial charge in [0.1, 0.15) is 0 Å². The highest BCUT2D eigenvalue weighted by molar-refractivity contribution is 6.30. The standard InChI is InChI=1S/C13H17Cl2NO/c1-13(2)9-17-6-5-16(13)12-4-3-11(15)7-10(12)8-14/h3-4,7H,5-6,8-9H2,1-2H3. The third-order valence-corrected chi connectivity index (χ3v) is 3.64. The molecule has 0 bridgehead atoms. The van der Waals surface area contributed by atoms with Crippen LogP contribution in [0, 0.1) is 0 Å². The number of morpholine rings is 1. The van der Waals surface area contributed by atoms with Crippen molar-refractivity contribution in [2.24, 2.45) is 0 Å². The summed E-state index contributed by atoms with van der Waals surface area (Å²) in [6.45, 7) is 6.74. The number of nitrogens with zero attached hydrogens (tertiary/aromatic N) is 1. The zero-order valence-electron chi connectivity index (χ0n) is 10.2. The van der Waals surface area contributed by atoms with E-state index in [1.165, 1.54) is 0 Å². The number of halogens is 2. The number of alkyl halides is 1. The zero-order valence-corrected chi connectivity index (χ0v) is 11.7. The maximum Gasteiger partial charge on any atom is 0.0694 e. The summed E-state index contributed by atoms with van der Waals surface area (Å²) in [5.41, 5.74) is 2.24. The Morgan fingerprint density at radius 3 is 2.82 bits per heavy atom. The Labute approximate surface area is 112 Å². The van der Waals surface area contributed by atoms with Gasteiger partial charge in [-0.2, -0.15) is 0 Å². The van der Waals surface area contributed by atoms with Crippen LogP contribution in [0.2, 0.25) is 5.02 Å².